The topological polar surface area (TPSA) is 128 Å². The quantitative estimate of drug-likeness (QED) is 0.102. The van der Waals surface area contributed by atoms with Crippen LogP contribution in [-0.2, 0) is 4.79 Å². The van der Waals surface area contributed by atoms with E-state index in [4.69, 9.17) is 4.74 Å². The molecule has 0 heterocycles. The number of aromatic hydroxyl groups is 2. The number of hydrogen-bond acceptors (Lipinski definition) is 7. The molecule has 0 aromatic heterocycles. The van der Waals surface area contributed by atoms with Gasteiger partial charge in [0, 0.05) is 58.2 Å². The molecule has 0 aliphatic heterocycles. The van der Waals surface area contributed by atoms with Crippen LogP contribution in [-0.4, -0.2) is 95.3 Å². The predicted molar refractivity (Wildman–Crippen MR) is 184 cm³/mol. The number of aryl methyl sites for hydroxylation is 1. The third kappa shape index (κ3) is 9.02. The molecule has 3 aromatic carbocycles. The Morgan fingerprint density at radius 2 is 1.34 bits per heavy atom. The Labute approximate surface area is 277 Å². The molecule has 3 aromatic rings. The Bertz CT molecular complexity index is 1580. The number of phenolic OH excluding ortho intramolecular Hbond substituents is 2. The molecule has 47 heavy (non-hydrogen) atoms. The first-order valence-electron chi connectivity index (χ1n) is 16.5. The van der Waals surface area contributed by atoms with Crippen LogP contribution in [0.2, 0.25) is 0 Å². The van der Waals surface area contributed by atoms with Gasteiger partial charge < -0.3 is 29.6 Å². The van der Waals surface area contributed by atoms with Gasteiger partial charge in [-0.2, -0.15) is 0 Å². The molecule has 0 saturated carbocycles. The number of methoxy groups -OCH3 is 1. The van der Waals surface area contributed by atoms with Crippen LogP contribution in [0.15, 0.2) is 42.5 Å². The van der Waals surface area contributed by atoms with Gasteiger partial charge in [-0.05, 0) is 94.5 Å². The molecule has 0 unspecified atom stereocenters. The number of rotatable bonds is 17. The summed E-state index contributed by atoms with van der Waals surface area (Å²) in [6.07, 6.45) is 3.27. The second-order valence-electron chi connectivity index (χ2n) is 11.7. The molecule has 0 radical (unpaired) electrons. The van der Waals surface area contributed by atoms with Gasteiger partial charge >= 0.3 is 0 Å². The standard InChI is InChI=1S/C37H49N3O7/c1-7-39(8-2)36(45)30-24-28-25(4)35(44)32(42)23-26(28)22-29(30)37(46)40(9-3)21-15-14-20-38(5)34(43)19-13-11-17-31(41)27-16-10-12-18-33(27)47-6/h10,12,16,18,22-24,42,44H,7-9,11,13-15,17,19-21H2,1-6H3. The molecule has 0 aliphatic rings. The molecule has 0 bridgehead atoms. The van der Waals surface area contributed by atoms with E-state index in [1.807, 2.05) is 26.8 Å². The van der Waals surface area contributed by atoms with E-state index in [0.29, 0.717) is 98.9 Å². The number of nitrogens with zero attached hydrogens (tertiary/aromatic N) is 3. The minimum atomic E-state index is -0.290. The van der Waals surface area contributed by atoms with Gasteiger partial charge in [0.15, 0.2) is 17.3 Å². The first-order valence-corrected chi connectivity index (χ1v) is 16.5. The number of fused-ring (bicyclic) bond motifs is 1. The zero-order valence-electron chi connectivity index (χ0n) is 28.6. The summed E-state index contributed by atoms with van der Waals surface area (Å²) in [6, 6.07) is 11.8. The van der Waals surface area contributed by atoms with E-state index >= 15 is 0 Å². The number of carbonyl (C=O) groups is 4. The minimum absolute atomic E-state index is 0.000864. The summed E-state index contributed by atoms with van der Waals surface area (Å²) in [4.78, 5) is 57.7. The van der Waals surface area contributed by atoms with Gasteiger partial charge in [-0.25, -0.2) is 0 Å². The Morgan fingerprint density at radius 1 is 0.745 bits per heavy atom. The van der Waals surface area contributed by atoms with Crippen LogP contribution in [0.1, 0.15) is 95.9 Å². The van der Waals surface area contributed by atoms with Crippen molar-refractivity contribution >= 4 is 34.3 Å². The Hall–Kier alpha value is -4.60. The molecule has 254 valence electrons. The van der Waals surface area contributed by atoms with Crippen LogP contribution in [0, 0.1) is 6.92 Å². The van der Waals surface area contributed by atoms with Gasteiger partial charge in [-0.1, -0.05) is 12.1 Å². The van der Waals surface area contributed by atoms with Crippen LogP contribution in [0.4, 0.5) is 0 Å². The van der Waals surface area contributed by atoms with Gasteiger partial charge in [-0.3, -0.25) is 19.2 Å². The van der Waals surface area contributed by atoms with Crippen LogP contribution >= 0.6 is 0 Å². The van der Waals surface area contributed by atoms with E-state index in [1.165, 1.54) is 13.2 Å². The zero-order valence-corrected chi connectivity index (χ0v) is 28.6. The first-order chi connectivity index (χ1) is 22.5. The zero-order chi connectivity index (χ0) is 34.7. The number of amides is 3. The van der Waals surface area contributed by atoms with Crippen molar-refractivity contribution in [2.24, 2.45) is 0 Å². The van der Waals surface area contributed by atoms with Gasteiger partial charge in [0.1, 0.15) is 5.75 Å². The highest BCUT2D eigenvalue weighted by Crippen LogP contribution is 2.37. The second-order valence-corrected chi connectivity index (χ2v) is 11.7. The number of carbonyl (C=O) groups excluding carboxylic acids is 4. The molecule has 3 amide bonds. The molecule has 0 spiro atoms. The number of ketones is 1. The van der Waals surface area contributed by atoms with Crippen molar-refractivity contribution in [2.75, 3.05) is 46.9 Å². The molecular formula is C37H49N3O7. The number of unbranched alkanes of at least 4 members (excludes halogenated alkanes) is 2. The fraction of sp³-hybridized carbons (Fsp3) is 0.459. The van der Waals surface area contributed by atoms with E-state index in [0.717, 1.165) is 0 Å². The number of phenols is 2. The monoisotopic (exact) mass is 647 g/mol. The van der Waals surface area contributed by atoms with E-state index in [2.05, 4.69) is 0 Å². The van der Waals surface area contributed by atoms with Gasteiger partial charge in [-0.15, -0.1) is 0 Å². The second kappa shape index (κ2) is 17.4. The van der Waals surface area contributed by atoms with E-state index in [9.17, 15) is 29.4 Å². The summed E-state index contributed by atoms with van der Waals surface area (Å²) in [5.74, 6) is -0.537. The van der Waals surface area contributed by atoms with Crippen LogP contribution < -0.4 is 4.74 Å². The van der Waals surface area contributed by atoms with Crippen molar-refractivity contribution in [3.05, 3.63) is 64.7 Å². The van der Waals surface area contributed by atoms with Crippen molar-refractivity contribution in [1.82, 2.24) is 14.7 Å². The summed E-state index contributed by atoms with van der Waals surface area (Å²) in [5.41, 5.74) is 1.49. The molecule has 3 rings (SSSR count). The van der Waals surface area contributed by atoms with Crippen molar-refractivity contribution in [2.45, 2.75) is 66.2 Å². The number of para-hydroxylation sites is 1. The third-order valence-electron chi connectivity index (χ3n) is 8.71. The van der Waals surface area contributed by atoms with Crippen molar-refractivity contribution < 1.29 is 34.1 Å². The van der Waals surface area contributed by atoms with Crippen LogP contribution in [0.3, 0.4) is 0 Å². The number of hydrogen-bond donors (Lipinski definition) is 2. The van der Waals surface area contributed by atoms with Crippen molar-refractivity contribution in [1.29, 1.82) is 0 Å². The summed E-state index contributed by atoms with van der Waals surface area (Å²) in [7, 11) is 3.30. The molecule has 0 fully saturated rings. The minimum Gasteiger partial charge on any atom is -0.504 e. The molecule has 0 saturated heterocycles. The highest BCUT2D eigenvalue weighted by atomic mass is 16.5. The van der Waals surface area contributed by atoms with Gasteiger partial charge in [0.05, 0.1) is 23.8 Å². The maximum Gasteiger partial charge on any atom is 0.254 e. The van der Waals surface area contributed by atoms with Crippen molar-refractivity contribution in [3.63, 3.8) is 0 Å². The summed E-state index contributed by atoms with van der Waals surface area (Å²) in [5, 5.41) is 21.7. The van der Waals surface area contributed by atoms with Gasteiger partial charge in [0.25, 0.3) is 11.8 Å². The lowest BCUT2D eigenvalue weighted by atomic mass is 9.95. The first kappa shape index (κ1) is 36.9. The maximum atomic E-state index is 13.9. The molecule has 2 N–H and O–H groups in total. The van der Waals surface area contributed by atoms with Crippen LogP contribution in [0.5, 0.6) is 17.2 Å². The fourth-order valence-electron chi connectivity index (χ4n) is 5.74. The van der Waals surface area contributed by atoms with Gasteiger partial charge in [0.2, 0.25) is 5.91 Å². The smallest absolute Gasteiger partial charge is 0.254 e. The number of ether oxygens (including phenoxy) is 1. The average Bonchev–Trinajstić information content (AvgIpc) is 3.08. The SMILES string of the molecule is CCN(CC)C(=O)c1cc2c(C)c(O)c(O)cc2cc1C(=O)N(CC)CCCCN(C)C(=O)CCCCC(=O)c1ccccc1OC. The lowest BCUT2D eigenvalue weighted by Crippen LogP contribution is -2.36. The largest absolute Gasteiger partial charge is 0.504 e. The van der Waals surface area contributed by atoms with Crippen molar-refractivity contribution in [3.8, 4) is 17.2 Å². The molecule has 0 aliphatic carbocycles. The summed E-state index contributed by atoms with van der Waals surface area (Å²) in [6.45, 7) is 9.67. The lowest BCUT2D eigenvalue weighted by Gasteiger charge is -2.25. The average molecular weight is 648 g/mol. The predicted octanol–water partition coefficient (Wildman–Crippen LogP) is 6.19. The fourth-order valence-corrected chi connectivity index (χ4v) is 5.74. The Kier molecular flexibility index (Phi) is 13.6. The van der Waals surface area contributed by atoms with E-state index < -0.39 is 0 Å². The maximum absolute atomic E-state index is 13.9. The molecule has 10 heteroatoms. The normalized spacial score (nSPS) is 10.9. The van der Waals surface area contributed by atoms with Crippen LogP contribution in [0.25, 0.3) is 10.8 Å². The number of benzene rings is 3. The highest BCUT2D eigenvalue weighted by molar-refractivity contribution is 6.11. The summed E-state index contributed by atoms with van der Waals surface area (Å²) < 4.78 is 5.27. The Balaban J connectivity index is 1.59. The molecular weight excluding hydrogens is 598 g/mol. The number of Topliss-reactive ketones (excluding diaryl/α,β-unsaturated/α-hetero) is 1. The third-order valence-corrected chi connectivity index (χ3v) is 8.71. The Morgan fingerprint density at radius 3 is 2.00 bits per heavy atom. The lowest BCUT2D eigenvalue weighted by molar-refractivity contribution is -0.130. The van der Waals surface area contributed by atoms with E-state index in [1.54, 1.807) is 59.0 Å². The molecule has 0 atom stereocenters. The van der Waals surface area contributed by atoms with E-state index in [-0.39, 0.29) is 46.1 Å². The highest BCUT2D eigenvalue weighted by Gasteiger charge is 2.26. The summed E-state index contributed by atoms with van der Waals surface area (Å²) >= 11 is 0. The molecule has 10 nitrogen and oxygen atoms in total.